The summed E-state index contributed by atoms with van der Waals surface area (Å²) in [6.45, 7) is 0.778. The van der Waals surface area contributed by atoms with E-state index in [4.69, 9.17) is 0 Å². The molecule has 0 atom stereocenters. The Balaban J connectivity index is 1.74. The summed E-state index contributed by atoms with van der Waals surface area (Å²) < 4.78 is 1.63. The maximum Gasteiger partial charge on any atom is 0.337 e. The van der Waals surface area contributed by atoms with Gasteiger partial charge in [0, 0.05) is 24.3 Å². The van der Waals surface area contributed by atoms with Crippen LogP contribution in [0.25, 0.3) is 5.69 Å². The van der Waals surface area contributed by atoms with Gasteiger partial charge in [0.25, 0.3) is 0 Å². The Labute approximate surface area is 123 Å². The number of nitrogens with one attached hydrogen (secondary N) is 1. The number of carboxylic acids is 1. The van der Waals surface area contributed by atoms with E-state index in [0.29, 0.717) is 11.7 Å². The zero-order chi connectivity index (χ0) is 14.7. The number of benzene rings is 1. The normalized spacial score (nSPS) is 15.4. The molecule has 5 nitrogen and oxygen atoms in total. The van der Waals surface area contributed by atoms with Crippen LogP contribution in [-0.2, 0) is 6.54 Å². The fourth-order valence-corrected chi connectivity index (χ4v) is 2.83. The second kappa shape index (κ2) is 6.10. The van der Waals surface area contributed by atoms with Crippen LogP contribution in [0.1, 0.15) is 41.6 Å². The molecule has 1 aromatic carbocycles. The molecule has 1 aliphatic rings. The maximum absolute atomic E-state index is 11.2. The van der Waals surface area contributed by atoms with Gasteiger partial charge >= 0.3 is 5.97 Å². The molecular formula is C16H19N3O2. The summed E-state index contributed by atoms with van der Waals surface area (Å²) >= 11 is 0. The fourth-order valence-electron chi connectivity index (χ4n) is 2.83. The Morgan fingerprint density at radius 1 is 1.33 bits per heavy atom. The molecule has 1 saturated carbocycles. The highest BCUT2D eigenvalue weighted by Crippen LogP contribution is 2.18. The SMILES string of the molecule is O=C(O)c1ccccc1-n1cc(CNC2CCCC2)cn1. The summed E-state index contributed by atoms with van der Waals surface area (Å²) in [4.78, 5) is 11.2. The highest BCUT2D eigenvalue weighted by atomic mass is 16.4. The van der Waals surface area contributed by atoms with E-state index in [-0.39, 0.29) is 5.56 Å². The largest absolute Gasteiger partial charge is 0.478 e. The van der Waals surface area contributed by atoms with Crippen molar-refractivity contribution in [2.24, 2.45) is 0 Å². The fraction of sp³-hybridized carbons (Fsp3) is 0.375. The van der Waals surface area contributed by atoms with E-state index >= 15 is 0 Å². The van der Waals surface area contributed by atoms with Crippen molar-refractivity contribution in [2.45, 2.75) is 38.3 Å². The van der Waals surface area contributed by atoms with Gasteiger partial charge in [0.05, 0.1) is 17.4 Å². The Kier molecular flexibility index (Phi) is 4.01. The Morgan fingerprint density at radius 2 is 2.10 bits per heavy atom. The summed E-state index contributed by atoms with van der Waals surface area (Å²) in [5.74, 6) is -0.938. The number of carboxylic acid groups (broad SMARTS) is 1. The number of rotatable bonds is 5. The topological polar surface area (TPSA) is 67.2 Å². The first kappa shape index (κ1) is 13.8. The summed E-state index contributed by atoms with van der Waals surface area (Å²) in [7, 11) is 0. The van der Waals surface area contributed by atoms with Crippen LogP contribution in [0.2, 0.25) is 0 Å². The van der Waals surface area contributed by atoms with Gasteiger partial charge in [-0.25, -0.2) is 9.48 Å². The van der Waals surface area contributed by atoms with Crippen LogP contribution in [0.5, 0.6) is 0 Å². The number of hydrogen-bond acceptors (Lipinski definition) is 3. The van der Waals surface area contributed by atoms with Gasteiger partial charge in [0.1, 0.15) is 0 Å². The zero-order valence-electron chi connectivity index (χ0n) is 11.8. The predicted molar refractivity (Wildman–Crippen MR) is 79.6 cm³/mol. The number of carbonyl (C=O) groups is 1. The number of para-hydroxylation sites is 1. The molecule has 1 fully saturated rings. The van der Waals surface area contributed by atoms with Gasteiger partial charge < -0.3 is 10.4 Å². The number of nitrogens with zero attached hydrogens (tertiary/aromatic N) is 2. The lowest BCUT2D eigenvalue weighted by molar-refractivity contribution is 0.0696. The van der Waals surface area contributed by atoms with E-state index in [9.17, 15) is 9.90 Å². The van der Waals surface area contributed by atoms with Crippen molar-refractivity contribution < 1.29 is 9.90 Å². The Bertz CT molecular complexity index is 630. The van der Waals surface area contributed by atoms with Crippen molar-refractivity contribution in [3.8, 4) is 5.69 Å². The van der Waals surface area contributed by atoms with Crippen molar-refractivity contribution in [2.75, 3.05) is 0 Å². The Morgan fingerprint density at radius 3 is 2.86 bits per heavy atom. The van der Waals surface area contributed by atoms with E-state index in [0.717, 1.165) is 12.1 Å². The first-order valence-corrected chi connectivity index (χ1v) is 7.33. The summed E-state index contributed by atoms with van der Waals surface area (Å²) in [5, 5.41) is 17.0. The van der Waals surface area contributed by atoms with Gasteiger partial charge in [-0.2, -0.15) is 5.10 Å². The molecule has 2 aromatic rings. The smallest absolute Gasteiger partial charge is 0.337 e. The molecule has 0 radical (unpaired) electrons. The van der Waals surface area contributed by atoms with Gasteiger partial charge in [-0.05, 0) is 25.0 Å². The van der Waals surface area contributed by atoms with Crippen molar-refractivity contribution >= 4 is 5.97 Å². The first-order valence-electron chi connectivity index (χ1n) is 7.33. The standard InChI is InChI=1S/C16H19N3O2/c20-16(21)14-7-3-4-8-15(14)19-11-12(10-18-19)9-17-13-5-1-2-6-13/h3-4,7-8,10-11,13,17H,1-2,5-6,9H2,(H,20,21). The molecule has 110 valence electrons. The summed E-state index contributed by atoms with van der Waals surface area (Å²) in [6, 6.07) is 7.51. The average Bonchev–Trinajstić information content (AvgIpc) is 3.16. The minimum absolute atomic E-state index is 0.260. The van der Waals surface area contributed by atoms with E-state index in [1.165, 1.54) is 25.7 Å². The molecule has 1 heterocycles. The van der Waals surface area contributed by atoms with Gasteiger partial charge in [-0.3, -0.25) is 0 Å². The van der Waals surface area contributed by atoms with E-state index in [2.05, 4.69) is 10.4 Å². The van der Waals surface area contributed by atoms with Gasteiger partial charge in [-0.1, -0.05) is 25.0 Å². The lowest BCUT2D eigenvalue weighted by atomic mass is 10.2. The molecule has 21 heavy (non-hydrogen) atoms. The molecule has 3 rings (SSSR count). The van der Waals surface area contributed by atoms with Crippen molar-refractivity contribution in [1.82, 2.24) is 15.1 Å². The second-order valence-corrected chi connectivity index (χ2v) is 5.48. The highest BCUT2D eigenvalue weighted by Gasteiger charge is 2.15. The van der Waals surface area contributed by atoms with Crippen molar-refractivity contribution in [1.29, 1.82) is 0 Å². The third-order valence-electron chi connectivity index (χ3n) is 3.97. The molecule has 0 bridgehead atoms. The third-order valence-corrected chi connectivity index (χ3v) is 3.97. The summed E-state index contributed by atoms with van der Waals surface area (Å²) in [6.07, 6.45) is 8.79. The van der Waals surface area contributed by atoms with Gasteiger partial charge in [0.15, 0.2) is 0 Å². The van der Waals surface area contributed by atoms with Crippen LogP contribution in [0.15, 0.2) is 36.7 Å². The number of hydrogen-bond donors (Lipinski definition) is 2. The van der Waals surface area contributed by atoms with Crippen LogP contribution >= 0.6 is 0 Å². The molecule has 0 unspecified atom stereocenters. The van der Waals surface area contributed by atoms with Crippen LogP contribution in [-0.4, -0.2) is 26.9 Å². The minimum atomic E-state index is -0.938. The Hall–Kier alpha value is -2.14. The van der Waals surface area contributed by atoms with Gasteiger partial charge in [-0.15, -0.1) is 0 Å². The molecule has 1 aliphatic carbocycles. The lowest BCUT2D eigenvalue weighted by Gasteiger charge is -2.10. The quantitative estimate of drug-likeness (QED) is 0.886. The highest BCUT2D eigenvalue weighted by molar-refractivity contribution is 5.91. The molecule has 5 heteroatoms. The van der Waals surface area contributed by atoms with E-state index in [1.807, 2.05) is 12.3 Å². The average molecular weight is 285 g/mol. The molecule has 0 saturated heterocycles. The minimum Gasteiger partial charge on any atom is -0.478 e. The number of aromatic nitrogens is 2. The van der Waals surface area contributed by atoms with E-state index in [1.54, 1.807) is 29.1 Å². The van der Waals surface area contributed by atoms with Crippen LogP contribution in [0.4, 0.5) is 0 Å². The molecule has 0 amide bonds. The second-order valence-electron chi connectivity index (χ2n) is 5.48. The first-order chi connectivity index (χ1) is 10.2. The zero-order valence-corrected chi connectivity index (χ0v) is 11.8. The molecule has 1 aromatic heterocycles. The van der Waals surface area contributed by atoms with Crippen molar-refractivity contribution in [3.63, 3.8) is 0 Å². The monoisotopic (exact) mass is 285 g/mol. The lowest BCUT2D eigenvalue weighted by Crippen LogP contribution is -2.25. The van der Waals surface area contributed by atoms with Gasteiger partial charge in [0.2, 0.25) is 0 Å². The van der Waals surface area contributed by atoms with Crippen LogP contribution < -0.4 is 5.32 Å². The number of aromatic carboxylic acids is 1. The predicted octanol–water partition coefficient (Wildman–Crippen LogP) is 2.60. The van der Waals surface area contributed by atoms with Crippen LogP contribution in [0.3, 0.4) is 0 Å². The maximum atomic E-state index is 11.2. The molecule has 0 spiro atoms. The van der Waals surface area contributed by atoms with E-state index < -0.39 is 5.97 Å². The van der Waals surface area contributed by atoms with Crippen LogP contribution in [0, 0.1) is 0 Å². The molecule has 0 aliphatic heterocycles. The molecule has 2 N–H and O–H groups in total. The third kappa shape index (κ3) is 3.13. The van der Waals surface area contributed by atoms with Crippen molar-refractivity contribution in [3.05, 3.63) is 47.8 Å². The summed E-state index contributed by atoms with van der Waals surface area (Å²) in [5.41, 5.74) is 1.93. The molecular weight excluding hydrogens is 266 g/mol.